The Balaban J connectivity index is 2.33. The van der Waals surface area contributed by atoms with Crippen LogP contribution in [0.3, 0.4) is 0 Å². The average Bonchev–Trinajstić information content (AvgIpc) is 2.71. The first-order valence-electron chi connectivity index (χ1n) is 6.39. The van der Waals surface area contributed by atoms with Crippen molar-refractivity contribution in [2.75, 3.05) is 0 Å². The van der Waals surface area contributed by atoms with Crippen molar-refractivity contribution >= 4 is 5.57 Å². The van der Waals surface area contributed by atoms with Gasteiger partial charge in [0.25, 0.3) is 0 Å². The zero-order valence-corrected chi connectivity index (χ0v) is 11.1. The number of hydrogen-bond acceptors (Lipinski definition) is 2. The summed E-state index contributed by atoms with van der Waals surface area (Å²) in [7, 11) is 0. The van der Waals surface area contributed by atoms with E-state index in [2.05, 4.69) is 68.9 Å². The van der Waals surface area contributed by atoms with Gasteiger partial charge in [-0.2, -0.15) is 0 Å². The van der Waals surface area contributed by atoms with E-state index in [9.17, 15) is 0 Å². The normalized spacial score (nSPS) is 21.8. The topological polar surface area (TPSA) is 24.1 Å². The van der Waals surface area contributed by atoms with E-state index in [4.69, 9.17) is 0 Å². The Hall–Kier alpha value is -1.28. The zero-order valence-electron chi connectivity index (χ0n) is 11.1. The maximum absolute atomic E-state index is 3.41. The first-order chi connectivity index (χ1) is 8.11. The summed E-state index contributed by atoms with van der Waals surface area (Å²) >= 11 is 0. The Morgan fingerprint density at radius 3 is 2.29 bits per heavy atom. The van der Waals surface area contributed by atoms with Crippen molar-refractivity contribution in [3.8, 4) is 0 Å². The number of hydrazine groups is 1. The van der Waals surface area contributed by atoms with E-state index in [1.165, 1.54) is 16.8 Å². The lowest BCUT2D eigenvalue weighted by Crippen LogP contribution is -2.38. The highest BCUT2D eigenvalue weighted by atomic mass is 15.4. The Morgan fingerprint density at radius 2 is 1.71 bits per heavy atom. The molecule has 2 nitrogen and oxygen atoms in total. The van der Waals surface area contributed by atoms with Crippen LogP contribution in [0.25, 0.3) is 5.57 Å². The highest BCUT2D eigenvalue weighted by molar-refractivity contribution is 5.73. The number of benzene rings is 1. The molecule has 0 amide bonds. The van der Waals surface area contributed by atoms with Crippen molar-refractivity contribution in [2.24, 2.45) is 11.8 Å². The minimum absolute atomic E-state index is 0.400. The van der Waals surface area contributed by atoms with E-state index in [0.717, 1.165) is 0 Å². The van der Waals surface area contributed by atoms with Gasteiger partial charge in [-0.15, -0.1) is 0 Å². The third kappa shape index (κ3) is 2.37. The van der Waals surface area contributed by atoms with Crippen LogP contribution in [0, 0.1) is 11.8 Å². The average molecular weight is 230 g/mol. The molecule has 0 aromatic heterocycles. The summed E-state index contributed by atoms with van der Waals surface area (Å²) < 4.78 is 0. The molecule has 1 aliphatic rings. The Bertz CT molecular complexity index is 406. The van der Waals surface area contributed by atoms with Gasteiger partial charge in [0, 0.05) is 5.70 Å². The number of hydrogen-bond donors (Lipinski definition) is 2. The molecule has 2 N–H and O–H groups in total. The van der Waals surface area contributed by atoms with Gasteiger partial charge in [0.15, 0.2) is 0 Å². The second-order valence-electron chi connectivity index (χ2n) is 5.25. The van der Waals surface area contributed by atoms with Crippen LogP contribution in [0.4, 0.5) is 0 Å². The van der Waals surface area contributed by atoms with Gasteiger partial charge in [-0.25, -0.2) is 5.43 Å². The summed E-state index contributed by atoms with van der Waals surface area (Å²) in [4.78, 5) is 0. The standard InChI is InChI=1S/C15H22N2/c1-10(2)11(3)15-14(12(4)16-17-15)13-8-6-5-7-9-13/h5-11,15-17H,1-4H3. The van der Waals surface area contributed by atoms with Crippen LogP contribution in [0.2, 0.25) is 0 Å². The van der Waals surface area contributed by atoms with E-state index >= 15 is 0 Å². The van der Waals surface area contributed by atoms with Crippen molar-refractivity contribution in [1.82, 2.24) is 10.9 Å². The first kappa shape index (κ1) is 12.2. The second-order valence-corrected chi connectivity index (χ2v) is 5.25. The van der Waals surface area contributed by atoms with Crippen LogP contribution < -0.4 is 10.9 Å². The molecule has 1 heterocycles. The van der Waals surface area contributed by atoms with E-state index in [1.54, 1.807) is 0 Å². The molecule has 0 fully saturated rings. The first-order valence-corrected chi connectivity index (χ1v) is 6.39. The SMILES string of the molecule is CC1=C(c2ccccc2)C(C(C)C(C)C)NN1. The molecule has 2 heteroatoms. The molecule has 0 aliphatic carbocycles. The maximum atomic E-state index is 3.41. The Morgan fingerprint density at radius 1 is 1.06 bits per heavy atom. The minimum Gasteiger partial charge on any atom is -0.325 e. The molecule has 0 radical (unpaired) electrons. The molecule has 0 spiro atoms. The van der Waals surface area contributed by atoms with Crippen LogP contribution in [0.5, 0.6) is 0 Å². The molecule has 1 aromatic carbocycles. The molecule has 17 heavy (non-hydrogen) atoms. The lowest BCUT2D eigenvalue weighted by atomic mass is 9.84. The quantitative estimate of drug-likeness (QED) is 0.833. The smallest absolute Gasteiger partial charge is 0.0561 e. The minimum atomic E-state index is 0.400. The third-order valence-electron chi connectivity index (χ3n) is 3.79. The number of rotatable bonds is 3. The zero-order chi connectivity index (χ0) is 12.4. The van der Waals surface area contributed by atoms with Crippen molar-refractivity contribution < 1.29 is 0 Å². The van der Waals surface area contributed by atoms with Crippen LogP contribution in [-0.4, -0.2) is 6.04 Å². The largest absolute Gasteiger partial charge is 0.325 e. The molecule has 0 saturated carbocycles. The summed E-state index contributed by atoms with van der Waals surface area (Å²) in [6.07, 6.45) is 0. The fraction of sp³-hybridized carbons (Fsp3) is 0.467. The molecular formula is C15H22N2. The van der Waals surface area contributed by atoms with E-state index < -0.39 is 0 Å². The summed E-state index contributed by atoms with van der Waals surface area (Å²) in [6, 6.07) is 11.0. The Kier molecular flexibility index (Phi) is 3.53. The van der Waals surface area contributed by atoms with Gasteiger partial charge in [-0.3, -0.25) is 0 Å². The molecular weight excluding hydrogens is 208 g/mol. The fourth-order valence-corrected chi connectivity index (χ4v) is 2.35. The summed E-state index contributed by atoms with van der Waals surface area (Å²) in [5.74, 6) is 1.27. The van der Waals surface area contributed by atoms with Gasteiger partial charge in [-0.05, 0) is 29.9 Å². The molecule has 92 valence electrons. The summed E-state index contributed by atoms with van der Waals surface area (Å²) in [5.41, 5.74) is 10.7. The van der Waals surface area contributed by atoms with Crippen LogP contribution in [-0.2, 0) is 0 Å². The monoisotopic (exact) mass is 230 g/mol. The van der Waals surface area contributed by atoms with Gasteiger partial charge in [0.05, 0.1) is 6.04 Å². The molecule has 2 atom stereocenters. The highest BCUT2D eigenvalue weighted by Gasteiger charge is 2.30. The van der Waals surface area contributed by atoms with Crippen molar-refractivity contribution in [3.63, 3.8) is 0 Å². The van der Waals surface area contributed by atoms with E-state index in [1.807, 2.05) is 0 Å². The highest BCUT2D eigenvalue weighted by Crippen LogP contribution is 2.31. The molecule has 0 bridgehead atoms. The number of allylic oxidation sites excluding steroid dienone is 1. The van der Waals surface area contributed by atoms with Crippen molar-refractivity contribution in [3.05, 3.63) is 41.6 Å². The molecule has 1 aromatic rings. The molecule has 1 aliphatic heterocycles. The maximum Gasteiger partial charge on any atom is 0.0561 e. The van der Waals surface area contributed by atoms with Gasteiger partial charge in [-0.1, -0.05) is 51.1 Å². The predicted molar refractivity (Wildman–Crippen MR) is 73.1 cm³/mol. The van der Waals surface area contributed by atoms with Crippen LogP contribution in [0.15, 0.2) is 36.0 Å². The molecule has 2 unspecified atom stereocenters. The lowest BCUT2D eigenvalue weighted by Gasteiger charge is -2.25. The lowest BCUT2D eigenvalue weighted by molar-refractivity contribution is 0.344. The number of nitrogens with one attached hydrogen (secondary N) is 2. The predicted octanol–water partition coefficient (Wildman–Crippen LogP) is 3.19. The molecule has 0 saturated heterocycles. The second kappa shape index (κ2) is 4.92. The molecule has 2 rings (SSSR count). The van der Waals surface area contributed by atoms with Gasteiger partial charge in [0.1, 0.15) is 0 Å². The Labute approximate surface area is 104 Å². The van der Waals surface area contributed by atoms with Gasteiger partial charge < -0.3 is 5.43 Å². The van der Waals surface area contributed by atoms with Gasteiger partial charge >= 0.3 is 0 Å². The fourth-order valence-electron chi connectivity index (χ4n) is 2.35. The van der Waals surface area contributed by atoms with Crippen molar-refractivity contribution in [2.45, 2.75) is 33.7 Å². The van der Waals surface area contributed by atoms with Crippen LogP contribution in [0.1, 0.15) is 33.3 Å². The van der Waals surface area contributed by atoms with Gasteiger partial charge in [0.2, 0.25) is 0 Å². The van der Waals surface area contributed by atoms with Crippen LogP contribution >= 0.6 is 0 Å². The van der Waals surface area contributed by atoms with E-state index in [-0.39, 0.29) is 0 Å². The summed E-state index contributed by atoms with van der Waals surface area (Å²) in [6.45, 7) is 9.01. The van der Waals surface area contributed by atoms with Crippen molar-refractivity contribution in [1.29, 1.82) is 0 Å². The summed E-state index contributed by atoms with van der Waals surface area (Å²) in [5, 5.41) is 0. The van der Waals surface area contributed by atoms with E-state index in [0.29, 0.717) is 17.9 Å². The third-order valence-corrected chi connectivity index (χ3v) is 3.79.